The van der Waals surface area contributed by atoms with Crippen LogP contribution in [-0.2, 0) is 28.1 Å². The van der Waals surface area contributed by atoms with Gasteiger partial charge in [0.05, 0.1) is 0 Å². The first kappa shape index (κ1) is 25.2. The molecule has 1 rings (SSSR count). The molecular weight excluding hydrogens is 486 g/mol. The molecule has 160 valence electrons. The van der Waals surface area contributed by atoms with Gasteiger partial charge in [-0.3, -0.25) is 0 Å². The van der Waals surface area contributed by atoms with Gasteiger partial charge in [-0.15, -0.1) is 0 Å². The fourth-order valence-electron chi connectivity index (χ4n) is 2.33. The topological polar surface area (TPSA) is 124 Å². The van der Waals surface area contributed by atoms with E-state index in [0.717, 1.165) is 0 Å². The standard InChI is InChI=1S/C13H16Cl4O10Si/c1-28(2,3)27-9-8(26-13(17)21)7(25-12(16)20)6(24-11(15)19)5(23-9)4-22-10(14)18/h5-9H,4H2,1-3H3/t5?,6-,7?,8?,9?/m1/s1. The van der Waals surface area contributed by atoms with Crippen LogP contribution in [0.15, 0.2) is 0 Å². The minimum atomic E-state index is -2.34. The molecule has 0 aromatic heterocycles. The second kappa shape index (κ2) is 10.8. The first-order chi connectivity index (χ1) is 12.8. The zero-order valence-electron chi connectivity index (χ0n) is 14.7. The first-order valence-corrected chi connectivity index (χ1v) is 12.5. The van der Waals surface area contributed by atoms with E-state index in [2.05, 4.69) is 4.74 Å². The zero-order chi connectivity index (χ0) is 21.6. The highest BCUT2D eigenvalue weighted by atomic mass is 35.5. The molecule has 1 aliphatic rings. The summed E-state index contributed by atoms with van der Waals surface area (Å²) in [7, 11) is -2.34. The molecule has 0 aromatic rings. The van der Waals surface area contributed by atoms with Gasteiger partial charge in [-0.1, -0.05) is 0 Å². The van der Waals surface area contributed by atoms with Crippen molar-refractivity contribution in [1.29, 1.82) is 0 Å². The molecule has 1 heterocycles. The van der Waals surface area contributed by atoms with Crippen molar-refractivity contribution in [3.05, 3.63) is 0 Å². The summed E-state index contributed by atoms with van der Waals surface area (Å²) in [5.74, 6) is 0. The van der Waals surface area contributed by atoms with Gasteiger partial charge in [0.2, 0.25) is 0 Å². The highest BCUT2D eigenvalue weighted by molar-refractivity contribution is 6.69. The van der Waals surface area contributed by atoms with Crippen molar-refractivity contribution in [3.8, 4) is 0 Å². The molecule has 10 nitrogen and oxygen atoms in total. The van der Waals surface area contributed by atoms with Gasteiger partial charge in [0.25, 0.3) is 0 Å². The van der Waals surface area contributed by atoms with Gasteiger partial charge in [0.15, 0.2) is 32.9 Å². The van der Waals surface area contributed by atoms with E-state index in [1.165, 1.54) is 0 Å². The molecule has 1 fully saturated rings. The molecule has 0 radical (unpaired) electrons. The second-order valence-electron chi connectivity index (χ2n) is 6.28. The molecule has 0 aliphatic carbocycles. The lowest BCUT2D eigenvalue weighted by Gasteiger charge is -2.45. The molecule has 28 heavy (non-hydrogen) atoms. The Labute approximate surface area is 180 Å². The highest BCUT2D eigenvalue weighted by Crippen LogP contribution is 2.32. The minimum Gasteiger partial charge on any atom is -0.451 e. The Morgan fingerprint density at radius 2 is 1.25 bits per heavy atom. The van der Waals surface area contributed by atoms with Crippen molar-refractivity contribution in [3.63, 3.8) is 0 Å². The van der Waals surface area contributed by atoms with Gasteiger partial charge < -0.3 is 28.1 Å². The summed E-state index contributed by atoms with van der Waals surface area (Å²) >= 11 is 21.0. The van der Waals surface area contributed by atoms with Crippen LogP contribution in [-0.4, -0.2) is 67.3 Å². The maximum Gasteiger partial charge on any atom is 0.404 e. The Kier molecular flexibility index (Phi) is 9.74. The molecule has 0 spiro atoms. The fraction of sp³-hybridized carbons (Fsp3) is 0.692. The first-order valence-electron chi connectivity index (χ1n) is 7.54. The van der Waals surface area contributed by atoms with Crippen LogP contribution in [0.5, 0.6) is 0 Å². The zero-order valence-corrected chi connectivity index (χ0v) is 18.7. The van der Waals surface area contributed by atoms with E-state index < -0.39 is 67.3 Å². The normalized spacial score (nSPS) is 27.5. The van der Waals surface area contributed by atoms with Gasteiger partial charge in [0.1, 0.15) is 12.7 Å². The molecule has 0 amide bonds. The third-order valence-corrected chi connectivity index (χ3v) is 4.42. The molecule has 15 heteroatoms. The van der Waals surface area contributed by atoms with Crippen LogP contribution >= 0.6 is 46.4 Å². The Morgan fingerprint density at radius 3 is 1.68 bits per heavy atom. The van der Waals surface area contributed by atoms with Crippen molar-refractivity contribution in [2.45, 2.75) is 50.3 Å². The summed E-state index contributed by atoms with van der Waals surface area (Å²) in [6.07, 6.45) is -7.14. The summed E-state index contributed by atoms with van der Waals surface area (Å²) < 4.78 is 30.8. The Bertz CT molecular complexity index is 613. The van der Waals surface area contributed by atoms with E-state index in [0.29, 0.717) is 0 Å². The molecule has 0 N–H and O–H groups in total. The lowest BCUT2D eigenvalue weighted by Crippen LogP contribution is -2.63. The van der Waals surface area contributed by atoms with E-state index in [-0.39, 0.29) is 0 Å². The maximum atomic E-state index is 11.4. The third-order valence-electron chi connectivity index (χ3n) is 3.11. The SMILES string of the molecule is C[Si](C)(C)OC1OC(COC(=O)Cl)[C@@H](OC(=O)Cl)C(OC(=O)Cl)C1OC(=O)Cl. The van der Waals surface area contributed by atoms with E-state index in [1.807, 2.05) is 0 Å². The van der Waals surface area contributed by atoms with Crippen molar-refractivity contribution in [1.82, 2.24) is 0 Å². The quantitative estimate of drug-likeness (QED) is 0.285. The number of carbonyl (C=O) groups excluding carboxylic acids is 4. The van der Waals surface area contributed by atoms with Crippen LogP contribution in [0.1, 0.15) is 0 Å². The monoisotopic (exact) mass is 500 g/mol. The molecular formula is C13H16Cl4O10Si. The lowest BCUT2D eigenvalue weighted by atomic mass is 9.98. The van der Waals surface area contributed by atoms with E-state index in [4.69, 9.17) is 69.8 Å². The van der Waals surface area contributed by atoms with Crippen LogP contribution in [0.4, 0.5) is 19.2 Å². The summed E-state index contributed by atoms with van der Waals surface area (Å²) in [6.45, 7) is 4.83. The molecule has 1 aliphatic heterocycles. The van der Waals surface area contributed by atoms with Crippen molar-refractivity contribution >= 4 is 76.4 Å². The molecule has 0 bridgehead atoms. The summed E-state index contributed by atoms with van der Waals surface area (Å²) in [5.41, 5.74) is -5.10. The number of halogens is 4. The molecule has 0 saturated carbocycles. The van der Waals surface area contributed by atoms with E-state index in [1.54, 1.807) is 19.6 Å². The summed E-state index contributed by atoms with van der Waals surface area (Å²) in [5, 5.41) is 0. The van der Waals surface area contributed by atoms with Gasteiger partial charge in [0, 0.05) is 46.4 Å². The number of carbonyl (C=O) groups is 4. The van der Waals surface area contributed by atoms with Crippen molar-refractivity contribution in [2.24, 2.45) is 0 Å². The Balaban J connectivity index is 3.33. The Morgan fingerprint density at radius 1 is 0.786 bits per heavy atom. The van der Waals surface area contributed by atoms with Crippen LogP contribution in [0, 0.1) is 0 Å². The number of hydrogen-bond acceptors (Lipinski definition) is 10. The lowest BCUT2D eigenvalue weighted by molar-refractivity contribution is -0.273. The number of ether oxygens (including phenoxy) is 5. The van der Waals surface area contributed by atoms with Gasteiger partial charge in [-0.2, -0.15) is 0 Å². The maximum absolute atomic E-state index is 11.4. The largest absolute Gasteiger partial charge is 0.451 e. The molecule has 0 aromatic carbocycles. The summed E-state index contributed by atoms with van der Waals surface area (Å²) in [6, 6.07) is 0. The third kappa shape index (κ3) is 8.68. The number of hydrogen-bond donors (Lipinski definition) is 0. The van der Waals surface area contributed by atoms with Gasteiger partial charge in [-0.25, -0.2) is 19.2 Å². The molecule has 5 atom stereocenters. The van der Waals surface area contributed by atoms with Crippen LogP contribution in [0.2, 0.25) is 19.6 Å². The Hall–Kier alpha value is -0.823. The molecule has 4 unspecified atom stereocenters. The van der Waals surface area contributed by atoms with E-state index >= 15 is 0 Å². The van der Waals surface area contributed by atoms with E-state index in [9.17, 15) is 19.2 Å². The molecule has 1 saturated heterocycles. The van der Waals surface area contributed by atoms with Crippen LogP contribution < -0.4 is 0 Å². The smallest absolute Gasteiger partial charge is 0.404 e. The van der Waals surface area contributed by atoms with Crippen LogP contribution in [0.3, 0.4) is 0 Å². The average molecular weight is 502 g/mol. The number of rotatable bonds is 7. The van der Waals surface area contributed by atoms with Crippen molar-refractivity contribution < 1.29 is 47.3 Å². The minimum absolute atomic E-state index is 0.541. The predicted molar refractivity (Wildman–Crippen MR) is 98.7 cm³/mol. The van der Waals surface area contributed by atoms with Gasteiger partial charge in [-0.05, 0) is 19.6 Å². The summed E-state index contributed by atoms with van der Waals surface area (Å²) in [4.78, 5) is 44.9. The van der Waals surface area contributed by atoms with Gasteiger partial charge >= 0.3 is 21.7 Å². The fourth-order valence-corrected chi connectivity index (χ4v) is 3.58. The second-order valence-corrected chi connectivity index (χ2v) is 12.0. The average Bonchev–Trinajstić information content (AvgIpc) is 2.48. The highest BCUT2D eigenvalue weighted by Gasteiger charge is 2.54. The van der Waals surface area contributed by atoms with Crippen LogP contribution in [0.25, 0.3) is 0 Å². The predicted octanol–water partition coefficient (Wildman–Crippen LogP) is 4.17. The van der Waals surface area contributed by atoms with Crippen molar-refractivity contribution in [2.75, 3.05) is 6.61 Å².